The van der Waals surface area contributed by atoms with Crippen LogP contribution in [0.3, 0.4) is 0 Å². The second kappa shape index (κ2) is 12.6. The van der Waals surface area contributed by atoms with E-state index in [1.807, 2.05) is 32.0 Å². The van der Waals surface area contributed by atoms with E-state index in [0.717, 1.165) is 11.1 Å². The normalized spacial score (nSPS) is 10.8. The number of halogens is 3. The molecule has 0 aliphatic rings. The van der Waals surface area contributed by atoms with Crippen molar-refractivity contribution in [3.05, 3.63) is 85.8 Å². The van der Waals surface area contributed by atoms with E-state index >= 15 is 0 Å². The molecular formula is C25H22BrCl2N3O4. The van der Waals surface area contributed by atoms with Crippen LogP contribution in [-0.2, 0) is 16.2 Å². The number of nitrogens with zero attached hydrogens (tertiary/aromatic N) is 1. The molecule has 2 N–H and O–H groups in total. The summed E-state index contributed by atoms with van der Waals surface area (Å²) in [6, 6.07) is 16.2. The fraction of sp³-hybridized carbons (Fsp3) is 0.160. The Balaban J connectivity index is 1.66. The number of amides is 2. The molecule has 0 aromatic heterocycles. The molecule has 3 aromatic rings. The predicted molar refractivity (Wildman–Crippen MR) is 142 cm³/mol. The number of anilines is 1. The summed E-state index contributed by atoms with van der Waals surface area (Å²) in [5, 5.41) is 6.64. The molecule has 0 atom stereocenters. The zero-order valence-corrected chi connectivity index (χ0v) is 22.0. The highest BCUT2D eigenvalue weighted by Gasteiger charge is 2.16. The monoisotopic (exact) mass is 577 g/mol. The Bertz CT molecular complexity index is 1270. The molecule has 0 saturated carbocycles. The van der Waals surface area contributed by atoms with E-state index in [9.17, 15) is 9.59 Å². The van der Waals surface area contributed by atoms with Crippen molar-refractivity contribution in [3.8, 4) is 11.5 Å². The van der Waals surface area contributed by atoms with Crippen molar-refractivity contribution in [1.82, 2.24) is 5.43 Å². The standard InChI is InChI=1S/C25H22BrCl2N3O4/c1-3-34-21-12-17(11-18(26)23(21)35-14-16-7-4-6-15(2)10-16)13-29-31-25(33)24(32)30-20-9-5-8-19(27)22(20)28/h4-13H,3,14H2,1-2H3,(H,30,32)(H,31,33). The summed E-state index contributed by atoms with van der Waals surface area (Å²) in [6.45, 7) is 4.68. The van der Waals surface area contributed by atoms with Crippen molar-refractivity contribution in [2.24, 2.45) is 5.10 Å². The molecule has 0 bridgehead atoms. The van der Waals surface area contributed by atoms with Gasteiger partial charge in [-0.05, 0) is 65.2 Å². The van der Waals surface area contributed by atoms with E-state index in [4.69, 9.17) is 32.7 Å². The number of nitrogens with one attached hydrogen (secondary N) is 2. The van der Waals surface area contributed by atoms with Gasteiger partial charge in [-0.15, -0.1) is 0 Å². The van der Waals surface area contributed by atoms with Gasteiger partial charge in [0.05, 0.1) is 33.0 Å². The van der Waals surface area contributed by atoms with Gasteiger partial charge >= 0.3 is 11.8 Å². The van der Waals surface area contributed by atoms with Crippen molar-refractivity contribution in [1.29, 1.82) is 0 Å². The van der Waals surface area contributed by atoms with Gasteiger partial charge in [0, 0.05) is 0 Å². The third-order valence-electron chi connectivity index (χ3n) is 4.58. The van der Waals surface area contributed by atoms with Gasteiger partial charge in [0.2, 0.25) is 0 Å². The van der Waals surface area contributed by atoms with E-state index in [0.29, 0.717) is 34.7 Å². The van der Waals surface area contributed by atoms with Crippen LogP contribution in [0.4, 0.5) is 5.69 Å². The first-order valence-electron chi connectivity index (χ1n) is 10.5. The number of carbonyl (C=O) groups excluding carboxylic acids is 2. The molecular weight excluding hydrogens is 557 g/mol. The molecule has 182 valence electrons. The lowest BCUT2D eigenvalue weighted by Crippen LogP contribution is -2.32. The van der Waals surface area contributed by atoms with Crippen molar-refractivity contribution >= 4 is 62.8 Å². The number of aryl methyl sites for hydroxylation is 1. The van der Waals surface area contributed by atoms with E-state index in [-0.39, 0.29) is 15.7 Å². The summed E-state index contributed by atoms with van der Waals surface area (Å²) in [6.07, 6.45) is 1.38. The zero-order chi connectivity index (χ0) is 25.4. The van der Waals surface area contributed by atoms with Crippen molar-refractivity contribution in [2.45, 2.75) is 20.5 Å². The van der Waals surface area contributed by atoms with Gasteiger partial charge in [0.25, 0.3) is 0 Å². The third kappa shape index (κ3) is 7.45. The molecule has 0 heterocycles. The van der Waals surface area contributed by atoms with Crippen LogP contribution < -0.4 is 20.2 Å². The number of hydrazone groups is 1. The first-order chi connectivity index (χ1) is 16.8. The van der Waals surface area contributed by atoms with Gasteiger partial charge in [-0.1, -0.05) is 59.1 Å². The molecule has 0 saturated heterocycles. The topological polar surface area (TPSA) is 89.0 Å². The summed E-state index contributed by atoms with van der Waals surface area (Å²) in [7, 11) is 0. The van der Waals surface area contributed by atoms with Crippen LogP contribution in [0.25, 0.3) is 0 Å². The minimum absolute atomic E-state index is 0.136. The highest BCUT2D eigenvalue weighted by Crippen LogP contribution is 2.37. The Kier molecular flexibility index (Phi) is 9.54. The molecule has 7 nitrogen and oxygen atoms in total. The minimum atomic E-state index is -0.973. The van der Waals surface area contributed by atoms with Gasteiger partial charge in [-0.2, -0.15) is 5.10 Å². The van der Waals surface area contributed by atoms with E-state index < -0.39 is 11.8 Å². The van der Waals surface area contributed by atoms with Crippen molar-refractivity contribution < 1.29 is 19.1 Å². The quantitative estimate of drug-likeness (QED) is 0.191. The molecule has 2 amide bonds. The lowest BCUT2D eigenvalue weighted by Gasteiger charge is -2.15. The molecule has 3 aromatic carbocycles. The zero-order valence-electron chi connectivity index (χ0n) is 18.9. The molecule has 0 spiro atoms. The fourth-order valence-electron chi connectivity index (χ4n) is 3.02. The summed E-state index contributed by atoms with van der Waals surface area (Å²) < 4.78 is 12.4. The van der Waals surface area contributed by atoms with Crippen LogP contribution in [0.5, 0.6) is 11.5 Å². The average Bonchev–Trinajstić information content (AvgIpc) is 2.81. The molecule has 0 aliphatic heterocycles. The number of hydrogen-bond acceptors (Lipinski definition) is 5. The van der Waals surface area contributed by atoms with Crippen LogP contribution in [-0.4, -0.2) is 24.6 Å². The number of hydrogen-bond donors (Lipinski definition) is 2. The van der Waals surface area contributed by atoms with Crippen LogP contribution in [0, 0.1) is 6.92 Å². The summed E-state index contributed by atoms with van der Waals surface area (Å²) in [4.78, 5) is 24.2. The SMILES string of the molecule is CCOc1cc(C=NNC(=O)C(=O)Nc2cccc(Cl)c2Cl)cc(Br)c1OCc1cccc(C)c1. The first kappa shape index (κ1) is 26.5. The Labute approximate surface area is 221 Å². The number of rotatable bonds is 8. The molecule has 35 heavy (non-hydrogen) atoms. The maximum absolute atomic E-state index is 12.1. The van der Waals surface area contributed by atoms with Gasteiger partial charge in [0.15, 0.2) is 11.5 Å². The smallest absolute Gasteiger partial charge is 0.329 e. The summed E-state index contributed by atoms with van der Waals surface area (Å²) in [5.41, 5.74) is 5.19. The Morgan fingerprint density at radius 1 is 1.06 bits per heavy atom. The van der Waals surface area contributed by atoms with Gasteiger partial charge in [0.1, 0.15) is 6.61 Å². The minimum Gasteiger partial charge on any atom is -0.490 e. The van der Waals surface area contributed by atoms with Gasteiger partial charge in [-0.25, -0.2) is 5.43 Å². The maximum Gasteiger partial charge on any atom is 0.329 e. The predicted octanol–water partition coefficient (Wildman–Crippen LogP) is 6.13. The molecule has 0 unspecified atom stereocenters. The second-order valence-electron chi connectivity index (χ2n) is 7.30. The van der Waals surface area contributed by atoms with Crippen molar-refractivity contribution in [2.75, 3.05) is 11.9 Å². The van der Waals surface area contributed by atoms with Crippen LogP contribution in [0.1, 0.15) is 23.6 Å². The Hall–Kier alpha value is -3.07. The van der Waals surface area contributed by atoms with E-state index in [1.165, 1.54) is 12.3 Å². The lowest BCUT2D eigenvalue weighted by molar-refractivity contribution is -0.136. The number of benzene rings is 3. The van der Waals surface area contributed by atoms with Crippen molar-refractivity contribution in [3.63, 3.8) is 0 Å². The summed E-state index contributed by atoms with van der Waals surface area (Å²) >= 11 is 15.4. The van der Waals surface area contributed by atoms with Crippen LogP contribution >= 0.6 is 39.1 Å². The molecule has 0 aliphatic carbocycles. The fourth-order valence-corrected chi connectivity index (χ4v) is 3.94. The van der Waals surface area contributed by atoms with E-state index in [2.05, 4.69) is 37.8 Å². The highest BCUT2D eigenvalue weighted by atomic mass is 79.9. The Morgan fingerprint density at radius 2 is 1.83 bits per heavy atom. The average molecular weight is 579 g/mol. The summed E-state index contributed by atoms with van der Waals surface area (Å²) in [5.74, 6) is -0.857. The molecule has 0 fully saturated rings. The van der Waals surface area contributed by atoms with Gasteiger partial charge in [-0.3, -0.25) is 9.59 Å². The second-order valence-corrected chi connectivity index (χ2v) is 8.93. The highest BCUT2D eigenvalue weighted by molar-refractivity contribution is 9.10. The largest absolute Gasteiger partial charge is 0.490 e. The molecule has 10 heteroatoms. The molecule has 0 radical (unpaired) electrons. The molecule has 3 rings (SSSR count). The number of carbonyl (C=O) groups is 2. The third-order valence-corrected chi connectivity index (χ3v) is 5.99. The lowest BCUT2D eigenvalue weighted by atomic mass is 10.1. The van der Waals surface area contributed by atoms with E-state index in [1.54, 1.807) is 24.3 Å². The first-order valence-corrected chi connectivity index (χ1v) is 12.1. The van der Waals surface area contributed by atoms with Crippen LogP contribution in [0.2, 0.25) is 10.0 Å². The van der Waals surface area contributed by atoms with Crippen LogP contribution in [0.15, 0.2) is 64.2 Å². The Morgan fingerprint density at radius 3 is 2.57 bits per heavy atom. The maximum atomic E-state index is 12.1. The van der Waals surface area contributed by atoms with Gasteiger partial charge < -0.3 is 14.8 Å². The number of ether oxygens (including phenoxy) is 2.